The molecule has 4 rings (SSSR count). The molecule has 1 saturated heterocycles. The summed E-state index contributed by atoms with van der Waals surface area (Å²) < 4.78 is 16.5. The van der Waals surface area contributed by atoms with Crippen LogP contribution in [0.2, 0.25) is 0 Å². The van der Waals surface area contributed by atoms with Crippen LogP contribution >= 0.6 is 0 Å². The molecule has 0 amide bonds. The number of halogens is 1. The summed E-state index contributed by atoms with van der Waals surface area (Å²) in [6.45, 7) is 3.28. The van der Waals surface area contributed by atoms with Gasteiger partial charge in [-0.25, -0.2) is 9.18 Å². The summed E-state index contributed by atoms with van der Waals surface area (Å²) in [5.74, 6) is -1.70. The molecule has 1 saturated carbocycles. The summed E-state index contributed by atoms with van der Waals surface area (Å²) in [5.41, 5.74) is 11.7. The quantitative estimate of drug-likeness (QED) is 0.753. The normalized spacial score (nSPS) is 21.0. The number of hydrogen-bond acceptors (Lipinski definition) is 5. The molecule has 0 radical (unpaired) electrons. The number of nitrogen functional groups attached to an aromatic ring is 1. The third-order valence-electron chi connectivity index (χ3n) is 5.75. The van der Waals surface area contributed by atoms with Crippen molar-refractivity contribution in [1.82, 2.24) is 4.57 Å². The second kappa shape index (κ2) is 6.23. The SMILES string of the molecule is CC(N)C1CCN(c2cc3c(cc2F)c(=O)c(C(=O)O)c(N)n3C2CC2)C1. The van der Waals surface area contributed by atoms with Crippen LogP contribution in [-0.2, 0) is 0 Å². The maximum atomic E-state index is 14.9. The number of carbonyl (C=O) groups is 1. The van der Waals surface area contributed by atoms with Gasteiger partial charge in [0.1, 0.15) is 17.2 Å². The average molecular weight is 374 g/mol. The summed E-state index contributed by atoms with van der Waals surface area (Å²) in [5, 5.41) is 9.46. The van der Waals surface area contributed by atoms with Gasteiger partial charge in [0.15, 0.2) is 0 Å². The van der Waals surface area contributed by atoms with Crippen LogP contribution in [0.15, 0.2) is 16.9 Å². The van der Waals surface area contributed by atoms with E-state index < -0.39 is 22.8 Å². The van der Waals surface area contributed by atoms with Gasteiger partial charge >= 0.3 is 5.97 Å². The van der Waals surface area contributed by atoms with Crippen LogP contribution in [0.5, 0.6) is 0 Å². The first kappa shape index (κ1) is 17.8. The van der Waals surface area contributed by atoms with Crippen LogP contribution in [0.1, 0.15) is 42.6 Å². The topological polar surface area (TPSA) is 115 Å². The molecule has 1 aliphatic heterocycles. The molecular formula is C19H23FN4O3. The van der Waals surface area contributed by atoms with Gasteiger partial charge in [0.25, 0.3) is 0 Å². The zero-order chi connectivity index (χ0) is 19.5. The third-order valence-corrected chi connectivity index (χ3v) is 5.75. The van der Waals surface area contributed by atoms with Crippen LogP contribution in [0.25, 0.3) is 10.9 Å². The number of rotatable bonds is 4. The molecule has 2 aliphatic rings. The largest absolute Gasteiger partial charge is 0.477 e. The van der Waals surface area contributed by atoms with Gasteiger partial charge in [-0.15, -0.1) is 0 Å². The van der Waals surface area contributed by atoms with Crippen molar-refractivity contribution >= 4 is 28.4 Å². The molecule has 5 N–H and O–H groups in total. The lowest BCUT2D eigenvalue weighted by Gasteiger charge is -2.23. The molecule has 0 bridgehead atoms. The fraction of sp³-hybridized carbons (Fsp3) is 0.474. The van der Waals surface area contributed by atoms with Crippen molar-refractivity contribution in [3.05, 3.63) is 33.7 Å². The predicted octanol–water partition coefficient (Wildman–Crippen LogP) is 1.93. The zero-order valence-corrected chi connectivity index (χ0v) is 15.1. The van der Waals surface area contributed by atoms with Crippen LogP contribution in [0.3, 0.4) is 0 Å². The molecule has 7 nitrogen and oxygen atoms in total. The Bertz CT molecular complexity index is 997. The van der Waals surface area contributed by atoms with Gasteiger partial charge in [0, 0.05) is 30.6 Å². The second-order valence-electron chi connectivity index (χ2n) is 7.67. The Labute approximate surface area is 155 Å². The van der Waals surface area contributed by atoms with E-state index in [1.54, 1.807) is 10.6 Å². The number of carboxylic acids is 1. The van der Waals surface area contributed by atoms with Crippen LogP contribution in [-0.4, -0.2) is 34.8 Å². The minimum absolute atomic E-state index is 0.0249. The third kappa shape index (κ3) is 2.84. The van der Waals surface area contributed by atoms with Gasteiger partial charge in [-0.3, -0.25) is 4.79 Å². The molecule has 2 unspecified atom stereocenters. The Morgan fingerprint density at radius 1 is 1.33 bits per heavy atom. The number of carboxylic acid groups (broad SMARTS) is 1. The molecular weight excluding hydrogens is 351 g/mol. The van der Waals surface area contributed by atoms with E-state index in [0.29, 0.717) is 24.3 Å². The fourth-order valence-electron chi connectivity index (χ4n) is 4.04. The second-order valence-corrected chi connectivity index (χ2v) is 7.67. The minimum atomic E-state index is -1.39. The van der Waals surface area contributed by atoms with Crippen molar-refractivity contribution in [2.75, 3.05) is 23.7 Å². The van der Waals surface area contributed by atoms with Crippen molar-refractivity contribution in [2.45, 2.75) is 38.3 Å². The molecule has 2 fully saturated rings. The van der Waals surface area contributed by atoms with Gasteiger partial charge in [-0.2, -0.15) is 0 Å². The number of hydrogen-bond donors (Lipinski definition) is 3. The number of fused-ring (bicyclic) bond motifs is 1. The Kier molecular flexibility index (Phi) is 4.10. The van der Waals surface area contributed by atoms with Crippen LogP contribution in [0.4, 0.5) is 15.9 Å². The first-order chi connectivity index (χ1) is 12.8. The van der Waals surface area contributed by atoms with E-state index in [9.17, 15) is 19.1 Å². The van der Waals surface area contributed by atoms with Gasteiger partial charge < -0.3 is 26.0 Å². The van der Waals surface area contributed by atoms with Crippen LogP contribution in [0, 0.1) is 11.7 Å². The van der Waals surface area contributed by atoms with E-state index in [4.69, 9.17) is 11.5 Å². The summed E-state index contributed by atoms with van der Waals surface area (Å²) in [6, 6.07) is 2.85. The van der Waals surface area contributed by atoms with E-state index in [1.165, 1.54) is 0 Å². The molecule has 1 aromatic heterocycles. The van der Waals surface area contributed by atoms with E-state index in [-0.39, 0.29) is 29.2 Å². The lowest BCUT2D eigenvalue weighted by molar-refractivity contribution is 0.0696. The maximum Gasteiger partial charge on any atom is 0.343 e. The maximum absolute atomic E-state index is 14.9. The van der Waals surface area contributed by atoms with E-state index in [0.717, 1.165) is 25.3 Å². The molecule has 2 heterocycles. The number of aromatic carboxylic acids is 1. The Morgan fingerprint density at radius 3 is 2.59 bits per heavy atom. The Hall–Kier alpha value is -2.61. The lowest BCUT2D eigenvalue weighted by atomic mass is 10.0. The molecule has 2 atom stereocenters. The monoisotopic (exact) mass is 374 g/mol. The highest BCUT2D eigenvalue weighted by molar-refractivity contribution is 5.98. The van der Waals surface area contributed by atoms with Crippen molar-refractivity contribution in [3.8, 4) is 0 Å². The summed E-state index contributed by atoms with van der Waals surface area (Å²) in [7, 11) is 0. The number of nitrogens with two attached hydrogens (primary N) is 2. The first-order valence-corrected chi connectivity index (χ1v) is 9.20. The van der Waals surface area contributed by atoms with Gasteiger partial charge in [-0.1, -0.05) is 0 Å². The molecule has 0 spiro atoms. The molecule has 1 aromatic carbocycles. The molecule has 27 heavy (non-hydrogen) atoms. The highest BCUT2D eigenvalue weighted by atomic mass is 19.1. The summed E-state index contributed by atoms with van der Waals surface area (Å²) in [6.07, 6.45) is 2.58. The van der Waals surface area contributed by atoms with E-state index in [2.05, 4.69) is 0 Å². The molecule has 144 valence electrons. The lowest BCUT2D eigenvalue weighted by Crippen LogP contribution is -2.30. The molecule has 8 heteroatoms. The number of anilines is 2. The smallest absolute Gasteiger partial charge is 0.343 e. The molecule has 2 aromatic rings. The van der Waals surface area contributed by atoms with Crippen molar-refractivity contribution in [3.63, 3.8) is 0 Å². The van der Waals surface area contributed by atoms with Gasteiger partial charge in [-0.05, 0) is 44.2 Å². The number of benzene rings is 1. The highest BCUT2D eigenvalue weighted by Gasteiger charge is 2.32. The Morgan fingerprint density at radius 2 is 2.04 bits per heavy atom. The zero-order valence-electron chi connectivity index (χ0n) is 15.1. The van der Waals surface area contributed by atoms with Crippen LogP contribution < -0.4 is 21.8 Å². The number of nitrogens with zero attached hydrogens (tertiary/aromatic N) is 2. The summed E-state index contributed by atoms with van der Waals surface area (Å²) in [4.78, 5) is 26.1. The van der Waals surface area contributed by atoms with Crippen molar-refractivity contribution in [2.24, 2.45) is 11.7 Å². The first-order valence-electron chi connectivity index (χ1n) is 9.20. The Balaban J connectivity index is 1.92. The van der Waals surface area contributed by atoms with Crippen molar-refractivity contribution < 1.29 is 14.3 Å². The fourth-order valence-corrected chi connectivity index (χ4v) is 4.04. The minimum Gasteiger partial charge on any atom is -0.477 e. The van der Waals surface area contributed by atoms with Gasteiger partial charge in [0.05, 0.1) is 11.2 Å². The van der Waals surface area contributed by atoms with E-state index >= 15 is 0 Å². The predicted molar refractivity (Wildman–Crippen MR) is 102 cm³/mol. The van der Waals surface area contributed by atoms with E-state index in [1.807, 2.05) is 11.8 Å². The standard InChI is InChI=1S/C19H23FN4O3/c1-9(21)10-4-5-23(8-10)15-7-14-12(6-13(15)20)17(25)16(19(26)27)18(22)24(14)11-2-3-11/h6-7,9-11H,2-5,8,21-22H2,1H3,(H,26,27). The average Bonchev–Trinajstić information content (AvgIpc) is 3.29. The highest BCUT2D eigenvalue weighted by Crippen LogP contribution is 2.41. The van der Waals surface area contributed by atoms with Gasteiger partial charge in [0.2, 0.25) is 5.43 Å². The molecule has 1 aliphatic carbocycles. The number of aromatic nitrogens is 1. The number of pyridine rings is 1. The van der Waals surface area contributed by atoms with Crippen molar-refractivity contribution in [1.29, 1.82) is 0 Å². The summed E-state index contributed by atoms with van der Waals surface area (Å²) >= 11 is 0.